The van der Waals surface area contributed by atoms with E-state index < -0.39 is 0 Å². The van der Waals surface area contributed by atoms with Crippen molar-refractivity contribution in [2.45, 2.75) is 25.8 Å². The van der Waals surface area contributed by atoms with Gasteiger partial charge >= 0.3 is 0 Å². The number of benzene rings is 1. The van der Waals surface area contributed by atoms with Gasteiger partial charge in [0.25, 0.3) is 11.8 Å². The van der Waals surface area contributed by atoms with E-state index in [0.717, 1.165) is 0 Å². The first kappa shape index (κ1) is 19.1. The first-order valence-corrected chi connectivity index (χ1v) is 9.05. The summed E-state index contributed by atoms with van der Waals surface area (Å²) in [5.41, 5.74) is 7.06. The molecule has 1 fully saturated rings. The SMILES string of the molecule is COc1cc(N)c(Cl)cc1C(=O)N1CCC(NC(=O)c2ccoc2C)CC1. The van der Waals surface area contributed by atoms with Gasteiger partial charge in [-0.05, 0) is 31.9 Å². The van der Waals surface area contributed by atoms with E-state index in [4.69, 9.17) is 26.5 Å². The van der Waals surface area contributed by atoms with Crippen LogP contribution in [0, 0.1) is 6.92 Å². The van der Waals surface area contributed by atoms with Crippen molar-refractivity contribution in [1.29, 1.82) is 0 Å². The van der Waals surface area contributed by atoms with Gasteiger partial charge in [0.1, 0.15) is 11.5 Å². The molecule has 3 N–H and O–H groups in total. The van der Waals surface area contributed by atoms with Crippen LogP contribution in [0.25, 0.3) is 0 Å². The highest BCUT2D eigenvalue weighted by atomic mass is 35.5. The molecule has 3 rings (SSSR count). The van der Waals surface area contributed by atoms with Crippen LogP contribution in [-0.2, 0) is 0 Å². The quantitative estimate of drug-likeness (QED) is 0.781. The Labute approximate surface area is 162 Å². The van der Waals surface area contributed by atoms with Crippen LogP contribution < -0.4 is 15.8 Å². The van der Waals surface area contributed by atoms with Crippen molar-refractivity contribution < 1.29 is 18.7 Å². The molecule has 1 aliphatic heterocycles. The fourth-order valence-electron chi connectivity index (χ4n) is 3.19. The summed E-state index contributed by atoms with van der Waals surface area (Å²) in [6, 6.07) is 4.75. The van der Waals surface area contributed by atoms with Crippen molar-refractivity contribution in [2.24, 2.45) is 0 Å². The summed E-state index contributed by atoms with van der Waals surface area (Å²) in [5, 5.41) is 3.32. The summed E-state index contributed by atoms with van der Waals surface area (Å²) < 4.78 is 10.4. The number of carbonyl (C=O) groups excluding carboxylic acids is 2. The second kappa shape index (κ2) is 7.92. The first-order valence-electron chi connectivity index (χ1n) is 8.68. The molecule has 1 aromatic carbocycles. The van der Waals surface area contributed by atoms with Crippen LogP contribution in [-0.4, -0.2) is 43.0 Å². The lowest BCUT2D eigenvalue weighted by molar-refractivity contribution is 0.0695. The average molecular weight is 392 g/mol. The maximum atomic E-state index is 12.8. The summed E-state index contributed by atoms with van der Waals surface area (Å²) in [5.74, 6) is 0.669. The Kier molecular flexibility index (Phi) is 5.60. The molecule has 2 aromatic rings. The summed E-state index contributed by atoms with van der Waals surface area (Å²) in [6.07, 6.45) is 2.83. The Morgan fingerprint density at radius 3 is 2.59 bits per heavy atom. The molecule has 0 radical (unpaired) electrons. The molecule has 0 saturated carbocycles. The van der Waals surface area contributed by atoms with Gasteiger partial charge in [-0.3, -0.25) is 9.59 Å². The van der Waals surface area contributed by atoms with Gasteiger partial charge < -0.3 is 25.1 Å². The molecule has 7 nitrogen and oxygen atoms in total. The number of halogens is 1. The standard InChI is InChI=1S/C19H22ClN3O4/c1-11-13(5-8-27-11)18(24)22-12-3-6-23(7-4-12)19(25)14-9-15(20)16(21)10-17(14)26-2/h5,8-10,12H,3-4,6-7,21H2,1-2H3,(H,22,24). The molecule has 2 amide bonds. The van der Waals surface area contributed by atoms with E-state index in [1.54, 1.807) is 24.0 Å². The normalized spacial score (nSPS) is 14.9. The zero-order valence-corrected chi connectivity index (χ0v) is 16.0. The number of likely N-dealkylation sites (tertiary alicyclic amines) is 1. The molecule has 0 unspecified atom stereocenters. The number of carbonyl (C=O) groups is 2. The van der Waals surface area contributed by atoms with Crippen molar-refractivity contribution in [3.05, 3.63) is 46.4 Å². The summed E-state index contributed by atoms with van der Waals surface area (Å²) in [7, 11) is 1.49. The number of rotatable bonds is 4. The maximum absolute atomic E-state index is 12.8. The monoisotopic (exact) mass is 391 g/mol. The van der Waals surface area contributed by atoms with Crippen LogP contribution in [0.15, 0.2) is 28.9 Å². The lowest BCUT2D eigenvalue weighted by Crippen LogP contribution is -2.46. The summed E-state index contributed by atoms with van der Waals surface area (Å²) in [4.78, 5) is 26.9. The Morgan fingerprint density at radius 1 is 1.30 bits per heavy atom. The number of hydrogen-bond donors (Lipinski definition) is 2. The largest absolute Gasteiger partial charge is 0.496 e. The Morgan fingerprint density at radius 2 is 2.00 bits per heavy atom. The molecular weight excluding hydrogens is 370 g/mol. The van der Waals surface area contributed by atoms with E-state index in [-0.39, 0.29) is 17.9 Å². The number of nitrogens with one attached hydrogen (secondary N) is 1. The third kappa shape index (κ3) is 4.03. The number of ether oxygens (including phenoxy) is 1. The highest BCUT2D eigenvalue weighted by molar-refractivity contribution is 6.33. The number of nitrogen functional groups attached to an aromatic ring is 1. The fourth-order valence-corrected chi connectivity index (χ4v) is 3.35. The second-order valence-electron chi connectivity index (χ2n) is 6.50. The second-order valence-corrected chi connectivity index (χ2v) is 6.91. The summed E-state index contributed by atoms with van der Waals surface area (Å²) >= 11 is 6.06. The number of furan rings is 1. The highest BCUT2D eigenvalue weighted by Gasteiger charge is 2.27. The zero-order valence-electron chi connectivity index (χ0n) is 15.3. The van der Waals surface area contributed by atoms with Gasteiger partial charge in [0.2, 0.25) is 0 Å². The highest BCUT2D eigenvalue weighted by Crippen LogP contribution is 2.30. The maximum Gasteiger partial charge on any atom is 0.257 e. The molecule has 27 heavy (non-hydrogen) atoms. The van der Waals surface area contributed by atoms with E-state index in [1.807, 2.05) is 0 Å². The van der Waals surface area contributed by atoms with Crippen LogP contribution in [0.3, 0.4) is 0 Å². The minimum Gasteiger partial charge on any atom is -0.496 e. The smallest absolute Gasteiger partial charge is 0.257 e. The van der Waals surface area contributed by atoms with Gasteiger partial charge in [0.15, 0.2) is 0 Å². The number of piperidine rings is 1. The zero-order chi connectivity index (χ0) is 19.6. The van der Waals surface area contributed by atoms with Crippen LogP contribution in [0.2, 0.25) is 5.02 Å². The van der Waals surface area contributed by atoms with Crippen LogP contribution in [0.5, 0.6) is 5.75 Å². The van der Waals surface area contributed by atoms with Crippen molar-refractivity contribution >= 4 is 29.1 Å². The number of aryl methyl sites for hydroxylation is 1. The van der Waals surface area contributed by atoms with E-state index in [2.05, 4.69) is 5.32 Å². The molecule has 144 valence electrons. The van der Waals surface area contributed by atoms with Gasteiger partial charge in [0, 0.05) is 25.2 Å². The first-order chi connectivity index (χ1) is 12.9. The Bertz CT molecular complexity index is 857. The number of methoxy groups -OCH3 is 1. The molecular formula is C19H22ClN3O4. The van der Waals surface area contributed by atoms with Crippen molar-refractivity contribution in [2.75, 3.05) is 25.9 Å². The predicted octanol–water partition coefficient (Wildman–Crippen LogP) is 2.87. The van der Waals surface area contributed by atoms with Gasteiger partial charge in [-0.25, -0.2) is 0 Å². The Balaban J connectivity index is 1.62. The third-order valence-electron chi connectivity index (χ3n) is 4.77. The molecule has 0 atom stereocenters. The Hall–Kier alpha value is -2.67. The van der Waals surface area contributed by atoms with Crippen molar-refractivity contribution in [3.63, 3.8) is 0 Å². The number of amides is 2. The predicted molar refractivity (Wildman–Crippen MR) is 102 cm³/mol. The lowest BCUT2D eigenvalue weighted by atomic mass is 10.0. The molecule has 0 bridgehead atoms. The lowest BCUT2D eigenvalue weighted by Gasteiger charge is -2.32. The fraction of sp³-hybridized carbons (Fsp3) is 0.368. The molecule has 8 heteroatoms. The van der Waals surface area contributed by atoms with Gasteiger partial charge in [-0.1, -0.05) is 11.6 Å². The molecule has 0 spiro atoms. The van der Waals surface area contributed by atoms with Crippen LogP contribution in [0.4, 0.5) is 5.69 Å². The molecule has 2 heterocycles. The summed E-state index contributed by atoms with van der Waals surface area (Å²) in [6.45, 7) is 2.81. The third-order valence-corrected chi connectivity index (χ3v) is 5.10. The van der Waals surface area contributed by atoms with Gasteiger partial charge in [-0.2, -0.15) is 0 Å². The number of hydrogen-bond acceptors (Lipinski definition) is 5. The van der Waals surface area contributed by atoms with E-state index in [1.165, 1.54) is 19.4 Å². The number of nitrogens with two attached hydrogens (primary N) is 1. The molecule has 1 aromatic heterocycles. The van der Waals surface area contributed by atoms with E-state index in [9.17, 15) is 9.59 Å². The van der Waals surface area contributed by atoms with Crippen LogP contribution in [0.1, 0.15) is 39.3 Å². The minimum atomic E-state index is -0.163. The molecule has 1 aliphatic rings. The van der Waals surface area contributed by atoms with Crippen molar-refractivity contribution in [1.82, 2.24) is 10.2 Å². The average Bonchev–Trinajstić information content (AvgIpc) is 3.09. The molecule has 0 aliphatic carbocycles. The topological polar surface area (TPSA) is 97.8 Å². The number of anilines is 1. The molecule has 1 saturated heterocycles. The van der Waals surface area contributed by atoms with E-state index >= 15 is 0 Å². The minimum absolute atomic E-state index is 0.00718. The van der Waals surface area contributed by atoms with Gasteiger partial charge in [-0.15, -0.1) is 0 Å². The number of nitrogens with zero attached hydrogens (tertiary/aromatic N) is 1. The van der Waals surface area contributed by atoms with Crippen molar-refractivity contribution in [3.8, 4) is 5.75 Å². The van der Waals surface area contributed by atoms with Gasteiger partial charge in [0.05, 0.1) is 35.2 Å². The van der Waals surface area contributed by atoms with Crippen LogP contribution >= 0.6 is 11.6 Å². The van der Waals surface area contributed by atoms with E-state index in [0.29, 0.717) is 59.3 Å².